The molecule has 1 heterocycles. The number of esters is 3. The van der Waals surface area contributed by atoms with Crippen molar-refractivity contribution in [2.24, 2.45) is 0 Å². The van der Waals surface area contributed by atoms with Gasteiger partial charge in [0.2, 0.25) is 0 Å². The summed E-state index contributed by atoms with van der Waals surface area (Å²) in [6, 6.07) is 14.0. The molecule has 32 heavy (non-hydrogen) atoms. The second-order valence-electron chi connectivity index (χ2n) is 6.88. The van der Waals surface area contributed by atoms with Gasteiger partial charge in [0.1, 0.15) is 5.75 Å². The quantitative estimate of drug-likeness (QED) is 0.481. The Balaban J connectivity index is 2.32. The number of anilines is 1. The minimum absolute atomic E-state index is 0.0198. The Hall–Kier alpha value is -3.81. The lowest BCUT2D eigenvalue weighted by Gasteiger charge is -2.33. The first kappa shape index (κ1) is 22.9. The molecular weight excluding hydrogens is 414 g/mol. The van der Waals surface area contributed by atoms with Gasteiger partial charge in [-0.25, -0.2) is 14.4 Å². The van der Waals surface area contributed by atoms with Crippen LogP contribution in [0.3, 0.4) is 0 Å². The van der Waals surface area contributed by atoms with Gasteiger partial charge in [-0.05, 0) is 36.8 Å². The lowest BCUT2D eigenvalue weighted by atomic mass is 9.96. The molecule has 2 aromatic carbocycles. The smallest absolute Gasteiger partial charge is 0.337 e. The normalized spacial score (nSPS) is 17.7. The van der Waals surface area contributed by atoms with Gasteiger partial charge in [0.25, 0.3) is 0 Å². The zero-order valence-electron chi connectivity index (χ0n) is 18.4. The molecule has 8 heteroatoms. The van der Waals surface area contributed by atoms with Gasteiger partial charge in [-0.1, -0.05) is 30.3 Å². The van der Waals surface area contributed by atoms with E-state index in [1.807, 2.05) is 6.07 Å². The van der Waals surface area contributed by atoms with E-state index in [-0.39, 0.29) is 17.8 Å². The van der Waals surface area contributed by atoms with Crippen LogP contribution in [0.5, 0.6) is 5.75 Å². The van der Waals surface area contributed by atoms with Crippen LogP contribution < -0.4 is 9.64 Å². The fourth-order valence-corrected chi connectivity index (χ4v) is 3.85. The molecule has 1 aliphatic heterocycles. The van der Waals surface area contributed by atoms with Crippen LogP contribution in [0.15, 0.2) is 65.7 Å². The van der Waals surface area contributed by atoms with Crippen LogP contribution in [0.2, 0.25) is 0 Å². The van der Waals surface area contributed by atoms with Crippen molar-refractivity contribution < 1.29 is 33.3 Å². The maximum Gasteiger partial charge on any atom is 0.337 e. The Morgan fingerprint density at radius 1 is 0.844 bits per heavy atom. The molecule has 0 saturated heterocycles. The molecule has 1 aliphatic rings. The Labute approximate surface area is 186 Å². The molecule has 0 N–H and O–H groups in total. The first-order valence-corrected chi connectivity index (χ1v) is 10.0. The Kier molecular flexibility index (Phi) is 7.14. The summed E-state index contributed by atoms with van der Waals surface area (Å²) in [6.45, 7) is 1.77. The van der Waals surface area contributed by atoms with E-state index in [9.17, 15) is 14.4 Å². The van der Waals surface area contributed by atoms with Gasteiger partial charge in [0, 0.05) is 5.69 Å². The summed E-state index contributed by atoms with van der Waals surface area (Å²) in [7, 11) is 3.96. The predicted octanol–water partition coefficient (Wildman–Crippen LogP) is 2.83. The summed E-state index contributed by atoms with van der Waals surface area (Å²) in [5.74, 6) is -1.59. The van der Waals surface area contributed by atoms with E-state index in [1.165, 1.54) is 14.2 Å². The highest BCUT2D eigenvalue weighted by Gasteiger charge is 2.51. The Morgan fingerprint density at radius 2 is 1.44 bits per heavy atom. The van der Waals surface area contributed by atoms with Crippen LogP contribution in [-0.4, -0.2) is 51.9 Å². The zero-order chi connectivity index (χ0) is 23.3. The van der Waals surface area contributed by atoms with Gasteiger partial charge >= 0.3 is 17.9 Å². The van der Waals surface area contributed by atoms with Crippen LogP contribution >= 0.6 is 0 Å². The maximum absolute atomic E-state index is 13.1. The molecule has 0 fully saturated rings. The third kappa shape index (κ3) is 4.16. The SMILES string of the molecule is CCOC(=O)[C@@H]1C(C(=O)OC)=C(C(=O)OC)[C@@H](c2ccc(OC)cc2)N1c1ccccc1. The Bertz CT molecular complexity index is 1010. The number of ether oxygens (including phenoxy) is 4. The van der Waals surface area contributed by atoms with Crippen LogP contribution in [-0.2, 0) is 28.6 Å². The van der Waals surface area contributed by atoms with Crippen molar-refractivity contribution in [2.75, 3.05) is 32.8 Å². The second kappa shape index (κ2) is 10.00. The van der Waals surface area contributed by atoms with Crippen LogP contribution in [0.1, 0.15) is 18.5 Å². The van der Waals surface area contributed by atoms with Crippen molar-refractivity contribution in [2.45, 2.75) is 19.0 Å². The molecule has 0 amide bonds. The van der Waals surface area contributed by atoms with Crippen molar-refractivity contribution in [3.8, 4) is 5.75 Å². The zero-order valence-corrected chi connectivity index (χ0v) is 18.4. The molecule has 0 aromatic heterocycles. The predicted molar refractivity (Wildman–Crippen MR) is 116 cm³/mol. The summed E-state index contributed by atoms with van der Waals surface area (Å²) in [5.41, 5.74) is 1.18. The molecular formula is C24H25NO7. The molecule has 0 spiro atoms. The van der Waals surface area contributed by atoms with E-state index in [0.717, 1.165) is 0 Å². The Morgan fingerprint density at radius 3 is 1.97 bits per heavy atom. The van der Waals surface area contributed by atoms with Gasteiger partial charge in [0.15, 0.2) is 6.04 Å². The van der Waals surface area contributed by atoms with Crippen LogP contribution in [0.4, 0.5) is 5.69 Å². The van der Waals surface area contributed by atoms with E-state index in [2.05, 4.69) is 0 Å². The number of rotatable bonds is 7. The highest BCUT2D eigenvalue weighted by molar-refractivity contribution is 6.10. The topological polar surface area (TPSA) is 91.4 Å². The minimum Gasteiger partial charge on any atom is -0.497 e. The van der Waals surface area contributed by atoms with Crippen LogP contribution in [0, 0.1) is 0 Å². The van der Waals surface area contributed by atoms with Gasteiger partial charge in [-0.2, -0.15) is 0 Å². The molecule has 2 atom stereocenters. The molecule has 8 nitrogen and oxygen atoms in total. The molecule has 0 unspecified atom stereocenters. The number of nitrogens with zero attached hydrogens (tertiary/aromatic N) is 1. The number of para-hydroxylation sites is 1. The van der Waals surface area contributed by atoms with E-state index >= 15 is 0 Å². The number of hydrogen-bond donors (Lipinski definition) is 0. The van der Waals surface area contributed by atoms with Gasteiger partial charge in [-0.3, -0.25) is 0 Å². The van der Waals surface area contributed by atoms with Crippen molar-refractivity contribution in [1.82, 2.24) is 0 Å². The first-order chi connectivity index (χ1) is 15.5. The number of carbonyl (C=O) groups is 3. The molecule has 0 bridgehead atoms. The fraction of sp³-hybridized carbons (Fsp3) is 0.292. The van der Waals surface area contributed by atoms with Crippen LogP contribution in [0.25, 0.3) is 0 Å². The molecule has 2 aromatic rings. The highest BCUT2D eigenvalue weighted by atomic mass is 16.5. The monoisotopic (exact) mass is 439 g/mol. The van der Waals surface area contributed by atoms with Crippen molar-refractivity contribution in [1.29, 1.82) is 0 Å². The first-order valence-electron chi connectivity index (χ1n) is 10.0. The molecule has 0 saturated carbocycles. The third-order valence-electron chi connectivity index (χ3n) is 5.20. The summed E-state index contributed by atoms with van der Waals surface area (Å²) in [6.07, 6.45) is 0. The standard InChI is InChI=1S/C24H25NO7/c1-5-32-24(28)21-19(23(27)31-4)18(22(26)30-3)20(15-11-13-17(29-2)14-12-15)25(21)16-9-7-6-8-10-16/h6-14,20-21H,5H2,1-4H3/t20-,21+/m1/s1. The van der Waals surface area contributed by atoms with Gasteiger partial charge in [0.05, 0.1) is 45.1 Å². The summed E-state index contributed by atoms with van der Waals surface area (Å²) >= 11 is 0. The maximum atomic E-state index is 13.1. The average Bonchev–Trinajstić information content (AvgIpc) is 3.20. The van der Waals surface area contributed by atoms with Gasteiger partial charge < -0.3 is 23.8 Å². The third-order valence-corrected chi connectivity index (χ3v) is 5.20. The van der Waals surface area contributed by atoms with E-state index in [1.54, 1.807) is 67.5 Å². The number of methoxy groups -OCH3 is 3. The largest absolute Gasteiger partial charge is 0.497 e. The summed E-state index contributed by atoms with van der Waals surface area (Å²) < 4.78 is 20.5. The van der Waals surface area contributed by atoms with E-state index in [4.69, 9.17) is 18.9 Å². The summed E-state index contributed by atoms with van der Waals surface area (Å²) in [4.78, 5) is 40.6. The highest BCUT2D eigenvalue weighted by Crippen LogP contribution is 2.45. The lowest BCUT2D eigenvalue weighted by molar-refractivity contribution is -0.146. The summed E-state index contributed by atoms with van der Waals surface area (Å²) in [5, 5.41) is 0. The number of carbonyl (C=O) groups excluding carboxylic acids is 3. The number of hydrogen-bond acceptors (Lipinski definition) is 8. The minimum atomic E-state index is -1.20. The molecule has 168 valence electrons. The van der Waals surface area contributed by atoms with Gasteiger partial charge in [-0.15, -0.1) is 0 Å². The lowest BCUT2D eigenvalue weighted by Crippen LogP contribution is -2.42. The number of benzene rings is 2. The van der Waals surface area contributed by atoms with E-state index in [0.29, 0.717) is 17.0 Å². The van der Waals surface area contributed by atoms with Crippen molar-refractivity contribution >= 4 is 23.6 Å². The molecule has 0 aliphatic carbocycles. The molecule has 3 rings (SSSR count). The van der Waals surface area contributed by atoms with E-state index < -0.39 is 30.0 Å². The van der Waals surface area contributed by atoms with Crippen molar-refractivity contribution in [3.63, 3.8) is 0 Å². The van der Waals surface area contributed by atoms with Crippen molar-refractivity contribution in [3.05, 3.63) is 71.3 Å². The second-order valence-corrected chi connectivity index (χ2v) is 6.88. The fourth-order valence-electron chi connectivity index (χ4n) is 3.85. The molecule has 0 radical (unpaired) electrons. The average molecular weight is 439 g/mol.